The predicted molar refractivity (Wildman–Crippen MR) is 111 cm³/mol. The lowest BCUT2D eigenvalue weighted by atomic mass is 10.2. The maximum absolute atomic E-state index is 13.1. The zero-order chi connectivity index (χ0) is 19.2. The van der Waals surface area contributed by atoms with Gasteiger partial charge in [0.05, 0.1) is 6.21 Å². The second-order valence-electron chi connectivity index (χ2n) is 6.05. The molecule has 0 saturated carbocycles. The fourth-order valence-corrected chi connectivity index (χ4v) is 3.46. The van der Waals surface area contributed by atoms with Crippen LogP contribution >= 0.6 is 11.8 Å². The molecule has 28 heavy (non-hydrogen) atoms. The van der Waals surface area contributed by atoms with E-state index < -0.39 is 0 Å². The molecule has 6 heteroatoms. The highest BCUT2D eigenvalue weighted by Gasteiger charge is 2.14. The molecule has 1 aromatic heterocycles. The van der Waals surface area contributed by atoms with Crippen molar-refractivity contribution in [2.75, 3.05) is 0 Å². The minimum atomic E-state index is -0.273. The van der Waals surface area contributed by atoms with E-state index in [-0.39, 0.29) is 5.82 Å². The molecule has 0 aliphatic rings. The topological polar surface area (TPSA) is 43.1 Å². The van der Waals surface area contributed by atoms with Gasteiger partial charge < -0.3 is 0 Å². The average Bonchev–Trinajstić information content (AvgIpc) is 3.16. The van der Waals surface area contributed by atoms with E-state index >= 15 is 0 Å². The van der Waals surface area contributed by atoms with Crippen LogP contribution in [0.3, 0.4) is 0 Å². The number of rotatable bonds is 6. The average molecular weight is 388 g/mol. The maximum atomic E-state index is 13.1. The number of hydrogen-bond acceptors (Lipinski definition) is 4. The van der Waals surface area contributed by atoms with Gasteiger partial charge in [-0.1, -0.05) is 84.6 Å². The van der Waals surface area contributed by atoms with Gasteiger partial charge in [0, 0.05) is 11.3 Å². The summed E-state index contributed by atoms with van der Waals surface area (Å²) in [6.45, 7) is 0. The number of aromatic nitrogens is 3. The quantitative estimate of drug-likeness (QED) is 0.334. The number of benzene rings is 3. The largest absolute Gasteiger partial charge is 0.212 e. The van der Waals surface area contributed by atoms with E-state index in [2.05, 4.69) is 27.4 Å². The van der Waals surface area contributed by atoms with Crippen LogP contribution in [-0.2, 0) is 5.75 Å². The summed E-state index contributed by atoms with van der Waals surface area (Å²) in [7, 11) is 0. The Morgan fingerprint density at radius 3 is 2.25 bits per heavy atom. The van der Waals surface area contributed by atoms with Gasteiger partial charge in [0.1, 0.15) is 5.82 Å². The van der Waals surface area contributed by atoms with Crippen molar-refractivity contribution >= 4 is 18.0 Å². The molecule has 0 amide bonds. The third-order valence-electron chi connectivity index (χ3n) is 4.05. The van der Waals surface area contributed by atoms with Crippen LogP contribution < -0.4 is 0 Å². The zero-order valence-corrected chi connectivity index (χ0v) is 15.8. The summed E-state index contributed by atoms with van der Waals surface area (Å²) in [5, 5.41) is 14.0. The van der Waals surface area contributed by atoms with E-state index in [1.54, 1.807) is 34.8 Å². The van der Waals surface area contributed by atoms with Crippen molar-refractivity contribution in [3.63, 3.8) is 0 Å². The van der Waals surface area contributed by atoms with E-state index in [0.717, 1.165) is 16.9 Å². The van der Waals surface area contributed by atoms with Crippen LogP contribution in [0.4, 0.5) is 4.39 Å². The predicted octanol–water partition coefficient (Wildman–Crippen LogP) is 5.26. The van der Waals surface area contributed by atoms with Gasteiger partial charge in [-0.3, -0.25) is 0 Å². The van der Waals surface area contributed by atoms with Crippen LogP contribution in [0.15, 0.2) is 95.2 Å². The Kier molecular flexibility index (Phi) is 5.58. The molecule has 4 rings (SSSR count). The molecule has 0 fully saturated rings. The highest BCUT2D eigenvalue weighted by molar-refractivity contribution is 7.98. The zero-order valence-electron chi connectivity index (χ0n) is 14.9. The fourth-order valence-electron chi connectivity index (χ4n) is 2.62. The summed E-state index contributed by atoms with van der Waals surface area (Å²) < 4.78 is 14.9. The molecule has 4 aromatic rings. The first-order chi connectivity index (χ1) is 13.8. The molecule has 0 radical (unpaired) electrons. The van der Waals surface area contributed by atoms with Crippen LogP contribution in [0.5, 0.6) is 0 Å². The van der Waals surface area contributed by atoms with Gasteiger partial charge in [-0.25, -0.2) is 4.39 Å². The highest BCUT2D eigenvalue weighted by atomic mass is 32.2. The number of thioether (sulfide) groups is 1. The molecule has 0 N–H and O–H groups in total. The molecule has 0 bridgehead atoms. The molecule has 138 valence electrons. The van der Waals surface area contributed by atoms with Gasteiger partial charge in [-0.15, -0.1) is 10.2 Å². The van der Waals surface area contributed by atoms with Gasteiger partial charge in [0.2, 0.25) is 5.16 Å². The Bertz CT molecular complexity index is 1060. The normalized spacial score (nSPS) is 11.2. The van der Waals surface area contributed by atoms with Gasteiger partial charge in [0.25, 0.3) is 0 Å². The summed E-state index contributed by atoms with van der Waals surface area (Å²) in [4.78, 5) is 0. The van der Waals surface area contributed by atoms with Crippen LogP contribution in [0, 0.1) is 5.82 Å². The van der Waals surface area contributed by atoms with Crippen LogP contribution in [0.2, 0.25) is 0 Å². The van der Waals surface area contributed by atoms with Crippen LogP contribution in [-0.4, -0.2) is 21.1 Å². The minimum Gasteiger partial charge on any atom is -0.207 e. The van der Waals surface area contributed by atoms with Gasteiger partial charge in [-0.2, -0.15) is 9.78 Å². The molecule has 3 aromatic carbocycles. The molecule has 0 aliphatic carbocycles. The second kappa shape index (κ2) is 8.63. The number of halogens is 1. The van der Waals surface area contributed by atoms with E-state index in [1.807, 2.05) is 48.5 Å². The minimum absolute atomic E-state index is 0.273. The monoisotopic (exact) mass is 388 g/mol. The third-order valence-corrected chi connectivity index (χ3v) is 5.04. The van der Waals surface area contributed by atoms with E-state index in [4.69, 9.17) is 0 Å². The van der Waals surface area contributed by atoms with E-state index in [9.17, 15) is 4.39 Å². The van der Waals surface area contributed by atoms with Crippen molar-refractivity contribution in [1.29, 1.82) is 0 Å². The Morgan fingerprint density at radius 2 is 1.54 bits per heavy atom. The SMILES string of the molecule is Fc1ccc(C=Nn2c(SCc3ccccc3)nnc2-c2ccccc2)cc1. The van der Waals surface area contributed by atoms with Crippen molar-refractivity contribution in [2.45, 2.75) is 10.9 Å². The van der Waals surface area contributed by atoms with Crippen LogP contribution in [0.1, 0.15) is 11.1 Å². The van der Waals surface area contributed by atoms with E-state index in [0.29, 0.717) is 11.0 Å². The van der Waals surface area contributed by atoms with Crippen LogP contribution in [0.25, 0.3) is 11.4 Å². The summed E-state index contributed by atoms with van der Waals surface area (Å²) in [5.41, 5.74) is 2.93. The molecular formula is C22H17FN4S. The molecule has 4 nitrogen and oxygen atoms in total. The van der Waals surface area contributed by atoms with Gasteiger partial charge >= 0.3 is 0 Å². The molecular weight excluding hydrogens is 371 g/mol. The molecule has 1 heterocycles. The Hall–Kier alpha value is -3.25. The number of hydrogen-bond donors (Lipinski definition) is 0. The smallest absolute Gasteiger partial charge is 0.207 e. The molecule has 0 spiro atoms. The Balaban J connectivity index is 1.65. The molecule has 0 saturated heterocycles. The first kappa shape index (κ1) is 18.1. The lowest BCUT2D eigenvalue weighted by Gasteiger charge is -2.05. The van der Waals surface area contributed by atoms with Crippen molar-refractivity contribution < 1.29 is 4.39 Å². The van der Waals surface area contributed by atoms with Gasteiger partial charge in [0.15, 0.2) is 5.82 Å². The van der Waals surface area contributed by atoms with Crippen molar-refractivity contribution in [3.05, 3.63) is 102 Å². The second-order valence-corrected chi connectivity index (χ2v) is 7.00. The summed E-state index contributed by atoms with van der Waals surface area (Å²) >= 11 is 1.57. The maximum Gasteiger partial charge on any atom is 0.212 e. The molecule has 0 unspecified atom stereocenters. The standard InChI is InChI=1S/C22H17FN4S/c23-20-13-11-17(12-14-20)15-24-27-21(19-9-5-2-6-10-19)25-26-22(27)28-16-18-7-3-1-4-8-18/h1-15H,16H2. The summed E-state index contributed by atoms with van der Waals surface area (Å²) in [6, 6.07) is 26.2. The summed E-state index contributed by atoms with van der Waals surface area (Å²) in [5.74, 6) is 1.15. The lowest BCUT2D eigenvalue weighted by Crippen LogP contribution is -1.97. The van der Waals surface area contributed by atoms with Gasteiger partial charge in [-0.05, 0) is 23.3 Å². The van der Waals surface area contributed by atoms with Crippen molar-refractivity contribution in [1.82, 2.24) is 14.9 Å². The molecule has 0 atom stereocenters. The molecule has 0 aliphatic heterocycles. The first-order valence-electron chi connectivity index (χ1n) is 8.77. The lowest BCUT2D eigenvalue weighted by molar-refractivity contribution is 0.628. The van der Waals surface area contributed by atoms with Crippen molar-refractivity contribution in [3.8, 4) is 11.4 Å². The summed E-state index contributed by atoms with van der Waals surface area (Å²) in [6.07, 6.45) is 1.68. The Labute approximate surface area is 166 Å². The first-order valence-corrected chi connectivity index (χ1v) is 9.75. The fraction of sp³-hybridized carbons (Fsp3) is 0.0455. The van der Waals surface area contributed by atoms with E-state index in [1.165, 1.54) is 17.7 Å². The van der Waals surface area contributed by atoms with Crippen molar-refractivity contribution in [2.24, 2.45) is 5.10 Å². The third kappa shape index (κ3) is 4.35. The highest BCUT2D eigenvalue weighted by Crippen LogP contribution is 2.26. The Morgan fingerprint density at radius 1 is 0.857 bits per heavy atom. The number of nitrogens with zero attached hydrogens (tertiary/aromatic N) is 4.